The number of phenolic OH excluding ortho intramolecular Hbond substituents is 2. The van der Waals surface area contributed by atoms with Gasteiger partial charge < -0.3 is 73.6 Å². The van der Waals surface area contributed by atoms with E-state index in [-0.39, 0.29) is 35.4 Å². The van der Waals surface area contributed by atoms with Crippen LogP contribution in [0.15, 0.2) is 58.7 Å². The van der Waals surface area contributed by atoms with E-state index in [2.05, 4.69) is 0 Å². The number of aliphatic hydroxyl groups excluding tert-OH is 5. The second-order valence-electron chi connectivity index (χ2n) is 19.4. The number of methoxy groups -OCH3 is 1. The Morgan fingerprint density at radius 1 is 0.903 bits per heavy atom. The van der Waals surface area contributed by atoms with Crippen LogP contribution in [-0.4, -0.2) is 153 Å². The number of rotatable bonds is 13. The Balaban J connectivity index is 1.64. The van der Waals surface area contributed by atoms with Crippen molar-refractivity contribution in [1.82, 2.24) is 0 Å². The van der Waals surface area contributed by atoms with Crippen molar-refractivity contribution >= 4 is 41.1 Å². The maximum Gasteiger partial charge on any atom is 0.342 e. The summed E-state index contributed by atoms with van der Waals surface area (Å²) in [6.07, 6.45) is -5.45. The average Bonchev–Trinajstić information content (AvgIpc) is 3.32. The summed E-state index contributed by atoms with van der Waals surface area (Å²) < 4.78 is 47.8. The van der Waals surface area contributed by atoms with Gasteiger partial charge in [0.25, 0.3) is 0 Å². The molecule has 0 radical (unpaired) electrons. The lowest BCUT2D eigenvalue weighted by Crippen LogP contribution is -2.64. The highest BCUT2D eigenvalue weighted by molar-refractivity contribution is 6.39. The predicted octanol–water partition coefficient (Wildman–Crippen LogP) is 6.23. The molecule has 2 fully saturated rings. The molecule has 0 amide bonds. The molecule has 3 aliphatic rings. The summed E-state index contributed by atoms with van der Waals surface area (Å²) in [6.45, 7) is 18.0. The average molecular weight is 1060 g/mol. The summed E-state index contributed by atoms with van der Waals surface area (Å²) in [5.41, 5.74) is 0.279. The predicted molar refractivity (Wildman–Crippen MR) is 265 cm³/mol. The third-order valence-electron chi connectivity index (χ3n) is 13.0. The Morgan fingerprint density at radius 2 is 1.57 bits per heavy atom. The van der Waals surface area contributed by atoms with Crippen LogP contribution in [0, 0.1) is 11.8 Å². The molecule has 14 unspecified atom stereocenters. The lowest BCUT2D eigenvalue weighted by Gasteiger charge is -2.47. The van der Waals surface area contributed by atoms with Crippen LogP contribution in [0.4, 0.5) is 0 Å². The molecule has 404 valence electrons. The maximum atomic E-state index is 14.0. The van der Waals surface area contributed by atoms with Crippen LogP contribution in [0.5, 0.6) is 11.5 Å². The molecule has 1 aromatic carbocycles. The number of allylic oxidation sites excluding steroid dienone is 4. The van der Waals surface area contributed by atoms with Crippen LogP contribution in [0.3, 0.4) is 0 Å². The fraction of sp³-hybridized carbons (Fsp3) is 0.635. The van der Waals surface area contributed by atoms with Crippen molar-refractivity contribution in [2.24, 2.45) is 11.8 Å². The van der Waals surface area contributed by atoms with Gasteiger partial charge in [-0.05, 0) is 90.5 Å². The number of hydrogen-bond donors (Lipinski definition) is 7. The molecule has 72 heavy (non-hydrogen) atoms. The number of carbonyl (C=O) groups excluding carboxylic acids is 3. The van der Waals surface area contributed by atoms with Crippen molar-refractivity contribution in [2.45, 2.75) is 187 Å². The van der Waals surface area contributed by atoms with Crippen molar-refractivity contribution in [3.63, 3.8) is 0 Å². The molecule has 1 aromatic rings. The van der Waals surface area contributed by atoms with E-state index in [0.717, 1.165) is 0 Å². The number of hydrogen-bond acceptors (Lipinski definition) is 18. The standard InChI is InChI=1S/C52H74Cl2O18/c1-13-30-22-26(6)33(56)18-16-15-17-31(23-66-50-44(65-12)40(59)43(29(9)67-50)69-49(64)35-32(14-2)36(53)39(58)37(54)38(35)57)48(63)68-34(28(8)55)20-19-25(5)21-27(7)42(30)71-51-45(70-47(62)24(3)4)41(60)46(61)52(10,11)72-51/h15-17,19,21-22,24,28-30,33-34,40-46,50-51,55-61H,13-14,18,20,23H2,1-12H3/b16-15+,25-19+,26-22-,27-21+,31-17-. The van der Waals surface area contributed by atoms with Crippen LogP contribution < -0.4 is 0 Å². The zero-order chi connectivity index (χ0) is 54.1. The molecule has 18 nitrogen and oxygen atoms in total. The number of esters is 3. The first-order chi connectivity index (χ1) is 33.7. The van der Waals surface area contributed by atoms with Crippen LogP contribution in [0.25, 0.3) is 0 Å². The monoisotopic (exact) mass is 1060 g/mol. The summed E-state index contributed by atoms with van der Waals surface area (Å²) in [6, 6.07) is 0. The number of ether oxygens (including phenoxy) is 8. The van der Waals surface area contributed by atoms with Gasteiger partial charge in [-0.3, -0.25) is 4.79 Å². The first-order valence-corrected chi connectivity index (χ1v) is 24.9. The minimum absolute atomic E-state index is 0.0387. The molecular weight excluding hydrogens is 983 g/mol. The molecule has 3 heterocycles. The highest BCUT2D eigenvalue weighted by Crippen LogP contribution is 2.45. The van der Waals surface area contributed by atoms with Crippen LogP contribution in [0.2, 0.25) is 10.0 Å². The third kappa shape index (κ3) is 14.7. The van der Waals surface area contributed by atoms with Gasteiger partial charge in [0.1, 0.15) is 41.1 Å². The van der Waals surface area contributed by atoms with Crippen LogP contribution in [-0.2, 0) is 53.9 Å². The molecule has 2 saturated heterocycles. The van der Waals surface area contributed by atoms with Crippen LogP contribution in [0.1, 0.15) is 111 Å². The SMILES string of the molecule is CCc1c(Cl)c(O)c(Cl)c(O)c1C(=O)OC1C(C)OC(OC/C2=C/C=C/CC(O)/C(C)=C\C(CC)C(OC3OC(C)(C)C(O)C(O)C3OC(=O)C(C)C)/C(C)=C/C(C)=C/CC(C(C)O)OC2=O)C(OC)C1O. The van der Waals surface area contributed by atoms with Gasteiger partial charge in [-0.25, -0.2) is 9.59 Å². The molecular formula is C52H74Cl2O18. The Labute approximate surface area is 431 Å². The molecule has 14 atom stereocenters. The number of aromatic hydroxyl groups is 2. The van der Waals surface area contributed by atoms with Gasteiger partial charge in [-0.15, -0.1) is 0 Å². The van der Waals surface area contributed by atoms with Gasteiger partial charge in [0.05, 0.1) is 53.1 Å². The molecule has 0 bridgehead atoms. The van der Waals surface area contributed by atoms with Crippen molar-refractivity contribution in [3.05, 3.63) is 79.9 Å². The first-order valence-electron chi connectivity index (χ1n) is 24.2. The molecule has 3 aliphatic heterocycles. The molecule has 20 heteroatoms. The highest BCUT2D eigenvalue weighted by atomic mass is 35.5. The van der Waals surface area contributed by atoms with Gasteiger partial charge in [-0.1, -0.05) is 86.9 Å². The topological polar surface area (TPSA) is 267 Å². The number of cyclic esters (lactones) is 1. The van der Waals surface area contributed by atoms with E-state index in [0.29, 0.717) is 23.1 Å². The second kappa shape index (κ2) is 26.5. The number of carbonyl (C=O) groups is 3. The van der Waals surface area contributed by atoms with Crippen molar-refractivity contribution in [2.75, 3.05) is 13.7 Å². The molecule has 0 saturated carbocycles. The fourth-order valence-electron chi connectivity index (χ4n) is 8.52. The van der Waals surface area contributed by atoms with Crippen molar-refractivity contribution in [1.29, 1.82) is 0 Å². The lowest BCUT2D eigenvalue weighted by atomic mass is 9.88. The Hall–Kier alpha value is -3.89. The molecule has 7 N–H and O–H groups in total. The molecule has 0 aliphatic carbocycles. The highest BCUT2D eigenvalue weighted by Gasteiger charge is 2.53. The molecule has 0 aromatic heterocycles. The minimum Gasteiger partial charge on any atom is -0.505 e. The quantitative estimate of drug-likeness (QED) is 0.0655. The minimum atomic E-state index is -1.57. The summed E-state index contributed by atoms with van der Waals surface area (Å²) in [4.78, 5) is 40.3. The maximum absolute atomic E-state index is 14.0. The Bertz CT molecular complexity index is 2220. The summed E-state index contributed by atoms with van der Waals surface area (Å²) in [5, 5.41) is 76.1. The van der Waals surface area contributed by atoms with Crippen LogP contribution >= 0.6 is 23.2 Å². The van der Waals surface area contributed by atoms with E-state index >= 15 is 0 Å². The fourth-order valence-corrected chi connectivity index (χ4v) is 9.08. The smallest absolute Gasteiger partial charge is 0.342 e. The van der Waals surface area contributed by atoms with Gasteiger partial charge in [0, 0.05) is 19.4 Å². The van der Waals surface area contributed by atoms with Gasteiger partial charge >= 0.3 is 17.9 Å². The summed E-state index contributed by atoms with van der Waals surface area (Å²) >= 11 is 12.3. The lowest BCUT2D eigenvalue weighted by molar-refractivity contribution is -0.333. The summed E-state index contributed by atoms with van der Waals surface area (Å²) in [5.74, 6) is -4.92. The number of aliphatic hydroxyl groups is 5. The Kier molecular flexibility index (Phi) is 22.4. The van der Waals surface area contributed by atoms with E-state index in [1.54, 1.807) is 53.7 Å². The number of halogens is 2. The normalized spacial score (nSPS) is 34.8. The van der Waals surface area contributed by atoms with Gasteiger partial charge in [0.2, 0.25) is 0 Å². The first kappa shape index (κ1) is 60.7. The Morgan fingerprint density at radius 3 is 2.17 bits per heavy atom. The number of benzene rings is 1. The third-order valence-corrected chi connectivity index (χ3v) is 13.8. The molecule has 0 spiro atoms. The van der Waals surface area contributed by atoms with Gasteiger partial charge in [0.15, 0.2) is 36.3 Å². The molecule has 4 rings (SSSR count). The van der Waals surface area contributed by atoms with E-state index in [1.807, 2.05) is 32.9 Å². The van der Waals surface area contributed by atoms with E-state index in [4.69, 9.17) is 61.1 Å². The largest absolute Gasteiger partial charge is 0.505 e. The van der Waals surface area contributed by atoms with Gasteiger partial charge in [-0.2, -0.15) is 0 Å². The van der Waals surface area contributed by atoms with Crippen molar-refractivity contribution < 1.29 is 88.0 Å². The van der Waals surface area contributed by atoms with E-state index in [9.17, 15) is 50.1 Å². The van der Waals surface area contributed by atoms with E-state index in [1.165, 1.54) is 33.1 Å². The van der Waals surface area contributed by atoms with E-state index < -0.39 is 144 Å². The zero-order valence-corrected chi connectivity index (χ0v) is 44.5. The van der Waals surface area contributed by atoms with Crippen molar-refractivity contribution in [3.8, 4) is 11.5 Å². The number of phenols is 2. The second-order valence-corrected chi connectivity index (χ2v) is 20.1. The zero-order valence-electron chi connectivity index (χ0n) is 43.0. The summed E-state index contributed by atoms with van der Waals surface area (Å²) in [7, 11) is 1.26.